The molecule has 1 heterocycles. The van der Waals surface area contributed by atoms with Crippen LogP contribution >= 0.6 is 24.0 Å². The van der Waals surface area contributed by atoms with E-state index in [1.165, 1.54) is 11.1 Å². The molecular formula is C19H33IN4O. The van der Waals surface area contributed by atoms with Gasteiger partial charge in [-0.2, -0.15) is 0 Å². The number of guanidine groups is 1. The van der Waals surface area contributed by atoms with Crippen LogP contribution < -0.4 is 10.6 Å². The van der Waals surface area contributed by atoms with Gasteiger partial charge < -0.3 is 15.4 Å². The second kappa shape index (κ2) is 12.5. The van der Waals surface area contributed by atoms with Crippen LogP contribution in [0.3, 0.4) is 0 Å². The molecule has 2 rings (SSSR count). The molecule has 1 saturated heterocycles. The van der Waals surface area contributed by atoms with Crippen LogP contribution in [0.4, 0.5) is 0 Å². The van der Waals surface area contributed by atoms with Crippen LogP contribution in [0.25, 0.3) is 0 Å². The number of aryl methyl sites for hydroxylation is 1. The van der Waals surface area contributed by atoms with E-state index in [2.05, 4.69) is 60.6 Å². The highest BCUT2D eigenvalue weighted by Crippen LogP contribution is 2.04. The van der Waals surface area contributed by atoms with Crippen molar-refractivity contribution in [2.45, 2.75) is 33.2 Å². The number of nitrogens with zero attached hydrogens (tertiary/aromatic N) is 2. The molecule has 1 aliphatic heterocycles. The molecule has 1 unspecified atom stereocenters. The van der Waals surface area contributed by atoms with E-state index in [1.807, 2.05) is 0 Å². The van der Waals surface area contributed by atoms with Gasteiger partial charge >= 0.3 is 0 Å². The Morgan fingerprint density at radius 1 is 1.20 bits per heavy atom. The molecule has 0 bridgehead atoms. The summed E-state index contributed by atoms with van der Waals surface area (Å²) >= 11 is 0. The Labute approximate surface area is 169 Å². The lowest BCUT2D eigenvalue weighted by atomic mass is 10.1. The minimum absolute atomic E-state index is 0. The van der Waals surface area contributed by atoms with E-state index in [0.29, 0.717) is 6.04 Å². The third-order valence-corrected chi connectivity index (χ3v) is 4.35. The van der Waals surface area contributed by atoms with Crippen molar-refractivity contribution in [1.29, 1.82) is 0 Å². The van der Waals surface area contributed by atoms with E-state index in [1.54, 1.807) is 0 Å². The molecule has 1 aromatic rings. The Hall–Kier alpha value is -0.860. The van der Waals surface area contributed by atoms with Crippen LogP contribution in [0.2, 0.25) is 0 Å². The molecule has 6 heteroatoms. The Balaban J connectivity index is 0.00000312. The summed E-state index contributed by atoms with van der Waals surface area (Å²) in [5.74, 6) is 0.907. The number of benzene rings is 1. The van der Waals surface area contributed by atoms with E-state index in [0.717, 1.165) is 58.3 Å². The van der Waals surface area contributed by atoms with Crippen molar-refractivity contribution in [2.24, 2.45) is 4.99 Å². The second-order valence-electron chi connectivity index (χ2n) is 6.38. The fourth-order valence-corrected chi connectivity index (χ4v) is 2.78. The maximum Gasteiger partial charge on any atom is 0.191 e. The zero-order chi connectivity index (χ0) is 17.2. The summed E-state index contributed by atoms with van der Waals surface area (Å²) in [5.41, 5.74) is 2.66. The van der Waals surface area contributed by atoms with Gasteiger partial charge in [-0.25, -0.2) is 0 Å². The SMILES string of the molecule is CCNC(=NCC(C)N1CCOCC1)NCCc1ccc(C)cc1.I. The molecule has 0 radical (unpaired) electrons. The lowest BCUT2D eigenvalue weighted by molar-refractivity contribution is 0.0220. The highest BCUT2D eigenvalue weighted by atomic mass is 127. The van der Waals surface area contributed by atoms with Gasteiger partial charge in [-0.15, -0.1) is 24.0 Å². The van der Waals surface area contributed by atoms with Gasteiger partial charge in [0.2, 0.25) is 0 Å². The number of hydrogen-bond acceptors (Lipinski definition) is 3. The van der Waals surface area contributed by atoms with Gasteiger partial charge in [0.05, 0.1) is 19.8 Å². The van der Waals surface area contributed by atoms with Crippen LogP contribution in [-0.2, 0) is 11.2 Å². The molecule has 1 atom stereocenters. The zero-order valence-corrected chi connectivity index (χ0v) is 18.1. The molecule has 0 aliphatic carbocycles. The van der Waals surface area contributed by atoms with Gasteiger partial charge in [-0.05, 0) is 32.8 Å². The maximum absolute atomic E-state index is 5.41. The highest BCUT2D eigenvalue weighted by Gasteiger charge is 2.16. The molecular weight excluding hydrogens is 427 g/mol. The average Bonchev–Trinajstić information content (AvgIpc) is 2.62. The van der Waals surface area contributed by atoms with Crippen LogP contribution in [-0.4, -0.2) is 62.8 Å². The molecule has 0 saturated carbocycles. The fraction of sp³-hybridized carbons (Fsp3) is 0.632. The number of nitrogens with one attached hydrogen (secondary N) is 2. The second-order valence-corrected chi connectivity index (χ2v) is 6.38. The Morgan fingerprint density at radius 2 is 1.88 bits per heavy atom. The predicted octanol–water partition coefficient (Wildman–Crippen LogP) is 2.43. The molecule has 2 N–H and O–H groups in total. The minimum atomic E-state index is 0. The quantitative estimate of drug-likeness (QED) is 0.373. The predicted molar refractivity (Wildman–Crippen MR) is 116 cm³/mol. The smallest absolute Gasteiger partial charge is 0.191 e. The Kier molecular flexibility index (Phi) is 11.1. The van der Waals surface area contributed by atoms with E-state index < -0.39 is 0 Å². The molecule has 1 aliphatic rings. The lowest BCUT2D eigenvalue weighted by Gasteiger charge is -2.31. The largest absolute Gasteiger partial charge is 0.379 e. The Bertz CT molecular complexity index is 501. The first kappa shape index (κ1) is 22.2. The molecule has 0 amide bonds. The van der Waals surface area contributed by atoms with Gasteiger partial charge in [0.15, 0.2) is 5.96 Å². The van der Waals surface area contributed by atoms with Crippen LogP contribution in [0.5, 0.6) is 0 Å². The number of hydrogen-bond donors (Lipinski definition) is 2. The van der Waals surface area contributed by atoms with Crippen molar-refractivity contribution < 1.29 is 4.74 Å². The fourth-order valence-electron chi connectivity index (χ4n) is 2.78. The molecule has 1 fully saturated rings. The number of rotatable bonds is 7. The number of ether oxygens (including phenoxy) is 1. The van der Waals surface area contributed by atoms with Crippen molar-refractivity contribution in [3.8, 4) is 0 Å². The van der Waals surface area contributed by atoms with Crippen molar-refractivity contribution in [3.63, 3.8) is 0 Å². The van der Waals surface area contributed by atoms with Gasteiger partial charge in [-0.3, -0.25) is 9.89 Å². The lowest BCUT2D eigenvalue weighted by Crippen LogP contribution is -2.44. The summed E-state index contributed by atoms with van der Waals surface area (Å²) < 4.78 is 5.41. The van der Waals surface area contributed by atoms with Crippen molar-refractivity contribution in [1.82, 2.24) is 15.5 Å². The highest BCUT2D eigenvalue weighted by molar-refractivity contribution is 14.0. The van der Waals surface area contributed by atoms with E-state index in [9.17, 15) is 0 Å². The third kappa shape index (κ3) is 8.37. The summed E-state index contributed by atoms with van der Waals surface area (Å²) in [5, 5.41) is 6.77. The first-order valence-corrected chi connectivity index (χ1v) is 9.08. The first-order chi connectivity index (χ1) is 11.7. The topological polar surface area (TPSA) is 48.9 Å². The van der Waals surface area contributed by atoms with E-state index in [-0.39, 0.29) is 24.0 Å². The van der Waals surface area contributed by atoms with Gasteiger partial charge in [0, 0.05) is 32.2 Å². The molecule has 142 valence electrons. The van der Waals surface area contributed by atoms with Crippen LogP contribution in [0.1, 0.15) is 25.0 Å². The zero-order valence-electron chi connectivity index (χ0n) is 15.8. The monoisotopic (exact) mass is 460 g/mol. The molecule has 25 heavy (non-hydrogen) atoms. The normalized spacial score (nSPS) is 16.8. The van der Waals surface area contributed by atoms with Gasteiger partial charge in [0.1, 0.15) is 0 Å². The van der Waals surface area contributed by atoms with Crippen LogP contribution in [0, 0.1) is 6.92 Å². The summed E-state index contributed by atoms with van der Waals surface area (Å²) in [6.45, 7) is 12.7. The summed E-state index contributed by atoms with van der Waals surface area (Å²) in [7, 11) is 0. The van der Waals surface area contributed by atoms with Crippen molar-refractivity contribution in [2.75, 3.05) is 45.9 Å². The molecule has 1 aromatic carbocycles. The summed E-state index contributed by atoms with van der Waals surface area (Å²) in [6, 6.07) is 9.17. The third-order valence-electron chi connectivity index (χ3n) is 4.35. The van der Waals surface area contributed by atoms with Crippen molar-refractivity contribution in [3.05, 3.63) is 35.4 Å². The van der Waals surface area contributed by atoms with Gasteiger partial charge in [-0.1, -0.05) is 29.8 Å². The molecule has 0 spiro atoms. The molecule has 5 nitrogen and oxygen atoms in total. The Morgan fingerprint density at radius 3 is 2.52 bits per heavy atom. The van der Waals surface area contributed by atoms with E-state index in [4.69, 9.17) is 9.73 Å². The molecule has 0 aromatic heterocycles. The summed E-state index contributed by atoms with van der Waals surface area (Å²) in [4.78, 5) is 7.19. The maximum atomic E-state index is 5.41. The van der Waals surface area contributed by atoms with Crippen LogP contribution in [0.15, 0.2) is 29.3 Å². The van der Waals surface area contributed by atoms with Gasteiger partial charge in [0.25, 0.3) is 0 Å². The number of morpholine rings is 1. The minimum Gasteiger partial charge on any atom is -0.379 e. The average molecular weight is 460 g/mol. The first-order valence-electron chi connectivity index (χ1n) is 9.08. The number of aliphatic imine (C=N–C) groups is 1. The number of halogens is 1. The standard InChI is InChI=1S/C19H32N4O.HI/c1-4-20-19(21-10-9-18-7-5-16(2)6-8-18)22-15-17(3)23-11-13-24-14-12-23;/h5-8,17H,4,9-15H2,1-3H3,(H2,20,21,22);1H. The summed E-state index contributed by atoms with van der Waals surface area (Å²) in [6.07, 6.45) is 1.00. The van der Waals surface area contributed by atoms with E-state index >= 15 is 0 Å². The van der Waals surface area contributed by atoms with Crippen molar-refractivity contribution >= 4 is 29.9 Å².